The summed E-state index contributed by atoms with van der Waals surface area (Å²) in [5, 5.41) is 3.27. The molecule has 5 nitrogen and oxygen atoms in total. The molecule has 34 heavy (non-hydrogen) atoms. The van der Waals surface area contributed by atoms with Crippen molar-refractivity contribution < 1.29 is 14.3 Å². The summed E-state index contributed by atoms with van der Waals surface area (Å²) >= 11 is 0. The Morgan fingerprint density at radius 3 is 2.24 bits per heavy atom. The SMILES string of the molecule is Cc1ccc(NC2=C(c3ccc(OCC(C)C)cc3)C(=O)N(Cc3ccccc3)C2=O)c(C)c1. The minimum atomic E-state index is -0.330. The molecule has 1 heterocycles. The van der Waals surface area contributed by atoms with Crippen molar-refractivity contribution in [2.24, 2.45) is 5.92 Å². The molecular weight excluding hydrogens is 424 g/mol. The molecule has 1 N–H and O–H groups in total. The van der Waals surface area contributed by atoms with E-state index in [-0.39, 0.29) is 18.4 Å². The first-order valence-corrected chi connectivity index (χ1v) is 11.6. The van der Waals surface area contributed by atoms with E-state index < -0.39 is 0 Å². The molecule has 0 aromatic heterocycles. The first kappa shape index (κ1) is 23.3. The summed E-state index contributed by atoms with van der Waals surface area (Å²) in [6.07, 6.45) is 0. The smallest absolute Gasteiger partial charge is 0.278 e. The predicted molar refractivity (Wildman–Crippen MR) is 135 cm³/mol. The Hall–Kier alpha value is -3.86. The van der Waals surface area contributed by atoms with Crippen LogP contribution in [0.1, 0.15) is 36.1 Å². The number of hydrogen-bond donors (Lipinski definition) is 1. The number of nitrogens with zero attached hydrogens (tertiary/aromatic N) is 1. The van der Waals surface area contributed by atoms with Crippen molar-refractivity contribution in [3.63, 3.8) is 0 Å². The van der Waals surface area contributed by atoms with E-state index in [2.05, 4.69) is 19.2 Å². The lowest BCUT2D eigenvalue weighted by atomic mass is 10.0. The fourth-order valence-electron chi connectivity index (χ4n) is 3.94. The van der Waals surface area contributed by atoms with Gasteiger partial charge in [-0.05, 0) is 54.7 Å². The zero-order valence-corrected chi connectivity index (χ0v) is 20.1. The molecule has 0 radical (unpaired) electrons. The average Bonchev–Trinajstić information content (AvgIpc) is 3.04. The third kappa shape index (κ3) is 5.04. The summed E-state index contributed by atoms with van der Waals surface area (Å²) in [4.78, 5) is 28.3. The van der Waals surface area contributed by atoms with Gasteiger partial charge < -0.3 is 10.1 Å². The minimum Gasteiger partial charge on any atom is -0.493 e. The zero-order valence-electron chi connectivity index (χ0n) is 20.1. The van der Waals surface area contributed by atoms with Crippen LogP contribution in [0.2, 0.25) is 0 Å². The first-order chi connectivity index (χ1) is 16.3. The van der Waals surface area contributed by atoms with Gasteiger partial charge >= 0.3 is 0 Å². The molecule has 0 spiro atoms. The second kappa shape index (κ2) is 9.96. The van der Waals surface area contributed by atoms with Crippen LogP contribution in [0.4, 0.5) is 5.69 Å². The Labute approximate surface area is 201 Å². The maximum Gasteiger partial charge on any atom is 0.278 e. The van der Waals surface area contributed by atoms with Gasteiger partial charge in [-0.3, -0.25) is 14.5 Å². The van der Waals surface area contributed by atoms with E-state index in [1.165, 1.54) is 4.90 Å². The van der Waals surface area contributed by atoms with Crippen molar-refractivity contribution in [3.05, 3.63) is 101 Å². The van der Waals surface area contributed by atoms with E-state index in [0.717, 1.165) is 28.1 Å². The van der Waals surface area contributed by atoms with Crippen LogP contribution in [0.3, 0.4) is 0 Å². The lowest BCUT2D eigenvalue weighted by molar-refractivity contribution is -0.137. The molecule has 1 aliphatic heterocycles. The molecule has 3 aromatic carbocycles. The average molecular weight is 455 g/mol. The number of imide groups is 1. The summed E-state index contributed by atoms with van der Waals surface area (Å²) in [6.45, 7) is 9.03. The van der Waals surface area contributed by atoms with E-state index in [1.807, 2.05) is 86.6 Å². The lowest BCUT2D eigenvalue weighted by Gasteiger charge is -2.16. The maximum atomic E-state index is 13.5. The fraction of sp³-hybridized carbons (Fsp3) is 0.241. The fourth-order valence-corrected chi connectivity index (χ4v) is 3.94. The molecule has 0 unspecified atom stereocenters. The molecule has 5 heteroatoms. The van der Waals surface area contributed by atoms with Gasteiger partial charge in [0.05, 0.1) is 18.7 Å². The van der Waals surface area contributed by atoms with Gasteiger partial charge in [-0.1, -0.05) is 74.0 Å². The number of hydrogen-bond acceptors (Lipinski definition) is 4. The summed E-state index contributed by atoms with van der Waals surface area (Å²) < 4.78 is 5.79. The monoisotopic (exact) mass is 454 g/mol. The van der Waals surface area contributed by atoms with Crippen LogP contribution in [-0.2, 0) is 16.1 Å². The van der Waals surface area contributed by atoms with E-state index >= 15 is 0 Å². The second-order valence-electron chi connectivity index (χ2n) is 9.10. The molecule has 0 atom stereocenters. The van der Waals surface area contributed by atoms with Gasteiger partial charge in [0.2, 0.25) is 0 Å². The minimum absolute atomic E-state index is 0.218. The predicted octanol–water partition coefficient (Wildman–Crippen LogP) is 5.73. The van der Waals surface area contributed by atoms with Gasteiger partial charge in [0.15, 0.2) is 0 Å². The highest BCUT2D eigenvalue weighted by atomic mass is 16.5. The number of aryl methyl sites for hydroxylation is 2. The van der Waals surface area contributed by atoms with E-state index in [9.17, 15) is 9.59 Å². The standard InChI is InChI=1S/C29H30N2O3/c1-19(2)18-34-24-13-11-23(12-14-24)26-27(30-25-15-10-20(3)16-21(25)4)29(33)31(28(26)32)17-22-8-6-5-7-9-22/h5-16,19,30H,17-18H2,1-4H3. The lowest BCUT2D eigenvalue weighted by Crippen LogP contribution is -2.32. The molecule has 1 aliphatic rings. The molecular formula is C29H30N2O3. The molecule has 0 fully saturated rings. The molecule has 0 saturated heterocycles. The highest BCUT2D eigenvalue weighted by Crippen LogP contribution is 2.33. The summed E-state index contributed by atoms with van der Waals surface area (Å²) in [7, 11) is 0. The van der Waals surface area contributed by atoms with Crippen molar-refractivity contribution in [1.29, 1.82) is 0 Å². The second-order valence-corrected chi connectivity index (χ2v) is 9.10. The number of rotatable bonds is 8. The number of carbonyl (C=O) groups excluding carboxylic acids is 2. The highest BCUT2D eigenvalue weighted by molar-refractivity contribution is 6.36. The zero-order chi connectivity index (χ0) is 24.2. The van der Waals surface area contributed by atoms with Crippen LogP contribution in [-0.4, -0.2) is 23.3 Å². The summed E-state index contributed by atoms with van der Waals surface area (Å²) in [5.41, 5.74) is 5.18. The highest BCUT2D eigenvalue weighted by Gasteiger charge is 2.39. The largest absolute Gasteiger partial charge is 0.493 e. The van der Waals surface area contributed by atoms with E-state index in [1.54, 1.807) is 0 Å². The topological polar surface area (TPSA) is 58.6 Å². The van der Waals surface area contributed by atoms with Gasteiger partial charge in [-0.2, -0.15) is 0 Å². The van der Waals surface area contributed by atoms with Crippen LogP contribution in [0.15, 0.2) is 78.5 Å². The van der Waals surface area contributed by atoms with Gasteiger partial charge in [0.1, 0.15) is 11.4 Å². The maximum absolute atomic E-state index is 13.5. The van der Waals surface area contributed by atoms with Crippen LogP contribution in [0.5, 0.6) is 5.75 Å². The van der Waals surface area contributed by atoms with Crippen molar-refractivity contribution in [1.82, 2.24) is 4.90 Å². The summed E-state index contributed by atoms with van der Waals surface area (Å²) in [5.74, 6) is 0.511. The molecule has 3 aromatic rings. The van der Waals surface area contributed by atoms with Gasteiger partial charge in [-0.15, -0.1) is 0 Å². The van der Waals surface area contributed by atoms with Crippen molar-refractivity contribution in [2.75, 3.05) is 11.9 Å². The Morgan fingerprint density at radius 2 is 1.59 bits per heavy atom. The van der Waals surface area contributed by atoms with Crippen LogP contribution < -0.4 is 10.1 Å². The number of benzene rings is 3. The third-order valence-electron chi connectivity index (χ3n) is 5.72. The molecule has 0 saturated carbocycles. The quantitative estimate of drug-likeness (QED) is 0.442. The van der Waals surface area contributed by atoms with Gasteiger partial charge in [0.25, 0.3) is 11.8 Å². The van der Waals surface area contributed by atoms with Crippen molar-refractivity contribution in [3.8, 4) is 5.75 Å². The number of nitrogens with one attached hydrogen (secondary N) is 1. The Bertz CT molecular complexity index is 1230. The van der Waals surface area contributed by atoms with Gasteiger partial charge in [0, 0.05) is 5.69 Å². The molecule has 174 valence electrons. The number of ether oxygens (including phenoxy) is 1. The number of amides is 2. The van der Waals surface area contributed by atoms with E-state index in [4.69, 9.17) is 4.74 Å². The van der Waals surface area contributed by atoms with Gasteiger partial charge in [-0.25, -0.2) is 0 Å². The van der Waals surface area contributed by atoms with Crippen LogP contribution in [0.25, 0.3) is 5.57 Å². The third-order valence-corrected chi connectivity index (χ3v) is 5.72. The number of anilines is 1. The molecule has 2 amide bonds. The van der Waals surface area contributed by atoms with Crippen molar-refractivity contribution >= 4 is 23.1 Å². The van der Waals surface area contributed by atoms with Crippen molar-refractivity contribution in [2.45, 2.75) is 34.2 Å². The Balaban J connectivity index is 1.70. The molecule has 0 aliphatic carbocycles. The molecule has 4 rings (SSSR count). The first-order valence-electron chi connectivity index (χ1n) is 11.6. The Kier molecular flexibility index (Phi) is 6.82. The van der Waals surface area contributed by atoms with Crippen LogP contribution >= 0.6 is 0 Å². The molecule has 0 bridgehead atoms. The normalized spacial score (nSPS) is 13.7. The van der Waals surface area contributed by atoms with E-state index in [0.29, 0.717) is 29.4 Å². The Morgan fingerprint density at radius 1 is 0.882 bits per heavy atom. The number of carbonyl (C=O) groups is 2. The summed E-state index contributed by atoms with van der Waals surface area (Å²) in [6, 6.07) is 22.9. The van der Waals surface area contributed by atoms with Crippen LogP contribution in [0, 0.1) is 19.8 Å².